The largest absolute Gasteiger partial charge is 0.444 e. The van der Waals surface area contributed by atoms with Gasteiger partial charge in [0.25, 0.3) is 0 Å². The summed E-state index contributed by atoms with van der Waals surface area (Å²) in [5.41, 5.74) is 15.8. The number of guanidine groups is 1. The van der Waals surface area contributed by atoms with Crippen LogP contribution in [0, 0.1) is 6.92 Å². The van der Waals surface area contributed by atoms with E-state index in [1.54, 1.807) is 39.8 Å². The average molecular weight is 617 g/mol. The molecule has 16 nitrogen and oxygen atoms in total. The predicted octanol–water partition coefficient (Wildman–Crippen LogP) is -0.147. The summed E-state index contributed by atoms with van der Waals surface area (Å²) < 4.78 is 10.4. The molecule has 1 aromatic heterocycles. The zero-order valence-corrected chi connectivity index (χ0v) is 25.2. The Morgan fingerprint density at radius 3 is 2.30 bits per heavy atom. The molecule has 240 valence electrons. The highest BCUT2D eigenvalue weighted by molar-refractivity contribution is 5.99. The number of ether oxygens (including phenoxy) is 1. The number of anilines is 1. The van der Waals surface area contributed by atoms with Crippen molar-refractivity contribution in [2.75, 3.05) is 18.4 Å². The van der Waals surface area contributed by atoms with E-state index in [1.165, 1.54) is 12.1 Å². The summed E-state index contributed by atoms with van der Waals surface area (Å²) in [6.07, 6.45) is -0.791. The summed E-state index contributed by atoms with van der Waals surface area (Å²) >= 11 is 0. The van der Waals surface area contributed by atoms with E-state index in [-0.39, 0.29) is 37.3 Å². The van der Waals surface area contributed by atoms with Gasteiger partial charge in [-0.3, -0.25) is 24.2 Å². The fraction of sp³-hybridized carbons (Fsp3) is 0.464. The first-order valence-corrected chi connectivity index (χ1v) is 13.8. The number of hydrogen-bond acceptors (Lipinski definition) is 9. The molecule has 2 aromatic rings. The second-order valence-corrected chi connectivity index (χ2v) is 10.9. The Balaban J connectivity index is 2.10. The molecule has 0 saturated heterocycles. The maximum atomic E-state index is 13.2. The van der Waals surface area contributed by atoms with Gasteiger partial charge in [0.2, 0.25) is 23.6 Å². The van der Waals surface area contributed by atoms with Crippen molar-refractivity contribution in [2.45, 2.75) is 71.1 Å². The number of aryl methyl sites for hydroxylation is 1. The van der Waals surface area contributed by atoms with Gasteiger partial charge in [-0.05, 0) is 64.7 Å². The molecular weight excluding hydrogens is 576 g/mol. The molecule has 2 atom stereocenters. The number of carbonyl (C=O) groups is 5. The minimum atomic E-state index is -1.22. The molecule has 1 aromatic carbocycles. The number of hydrogen-bond donors (Lipinski definition) is 7. The Labute approximate surface area is 253 Å². The molecule has 10 N–H and O–H groups in total. The molecule has 0 spiro atoms. The van der Waals surface area contributed by atoms with Crippen LogP contribution in [0.5, 0.6) is 0 Å². The molecule has 0 bridgehead atoms. The van der Waals surface area contributed by atoms with Crippen molar-refractivity contribution in [3.05, 3.63) is 40.2 Å². The topological polar surface area (TPSA) is 263 Å². The number of carbonyl (C=O) groups excluding carboxylic acids is 5. The van der Waals surface area contributed by atoms with Crippen LogP contribution in [0.1, 0.15) is 52.0 Å². The molecule has 44 heavy (non-hydrogen) atoms. The van der Waals surface area contributed by atoms with Crippen molar-refractivity contribution < 1.29 is 33.1 Å². The smallest absolute Gasteiger partial charge is 0.408 e. The Hall–Kier alpha value is -5.15. The van der Waals surface area contributed by atoms with E-state index >= 15 is 0 Å². The van der Waals surface area contributed by atoms with Crippen molar-refractivity contribution in [1.29, 1.82) is 0 Å². The van der Waals surface area contributed by atoms with Crippen molar-refractivity contribution in [1.82, 2.24) is 16.0 Å². The molecule has 1 heterocycles. The maximum absolute atomic E-state index is 13.2. The van der Waals surface area contributed by atoms with Crippen molar-refractivity contribution in [3.63, 3.8) is 0 Å². The molecule has 0 saturated carbocycles. The normalized spacial score (nSPS) is 12.4. The molecular formula is C28H40N8O8. The number of amides is 5. The van der Waals surface area contributed by atoms with Gasteiger partial charge >= 0.3 is 11.7 Å². The third kappa shape index (κ3) is 12.4. The monoisotopic (exact) mass is 616 g/mol. The number of nitrogens with two attached hydrogens (primary N) is 3. The molecule has 0 fully saturated rings. The Morgan fingerprint density at radius 2 is 1.66 bits per heavy atom. The molecule has 2 unspecified atom stereocenters. The van der Waals surface area contributed by atoms with Gasteiger partial charge in [-0.15, -0.1) is 0 Å². The Kier molecular flexibility index (Phi) is 12.7. The van der Waals surface area contributed by atoms with E-state index in [1.807, 2.05) is 0 Å². The van der Waals surface area contributed by atoms with E-state index in [0.29, 0.717) is 23.1 Å². The van der Waals surface area contributed by atoms with Gasteiger partial charge < -0.3 is 47.6 Å². The van der Waals surface area contributed by atoms with E-state index in [9.17, 15) is 28.8 Å². The minimum Gasteiger partial charge on any atom is -0.444 e. The number of aliphatic imine (C=N–C) groups is 1. The molecule has 0 aliphatic rings. The van der Waals surface area contributed by atoms with Gasteiger partial charge in [0.1, 0.15) is 23.3 Å². The van der Waals surface area contributed by atoms with E-state index in [0.717, 1.165) is 0 Å². The van der Waals surface area contributed by atoms with Gasteiger partial charge in [0.15, 0.2) is 5.96 Å². The number of nitrogens with one attached hydrogen (secondary N) is 4. The Morgan fingerprint density at radius 1 is 0.977 bits per heavy atom. The summed E-state index contributed by atoms with van der Waals surface area (Å²) in [5.74, 6) is -2.89. The molecule has 0 aliphatic carbocycles. The van der Waals surface area contributed by atoms with Gasteiger partial charge in [-0.25, -0.2) is 9.59 Å². The van der Waals surface area contributed by atoms with Crippen LogP contribution in [0.2, 0.25) is 0 Å². The summed E-state index contributed by atoms with van der Waals surface area (Å²) in [7, 11) is 0. The van der Waals surface area contributed by atoms with Gasteiger partial charge in [-0.1, -0.05) is 0 Å². The standard InChI is InChI=1S/C28H40N8O8/c1-15-12-23(39)43-20-13-16(7-8-17(15)20)34-25(41)18(6-5-11-32-26(30)31)35-22(38)14-33-24(40)19(9-10-21(29)37)36-27(42)44-28(2,3)4/h7-8,12-13,18-19H,5-6,9-11,14H2,1-4H3,(H2,29,37)(H,33,40)(H,34,41)(H,35,38)(H,36,42)(H4,30,31,32). The lowest BCUT2D eigenvalue weighted by atomic mass is 10.1. The van der Waals surface area contributed by atoms with Crippen molar-refractivity contribution >= 4 is 52.3 Å². The van der Waals surface area contributed by atoms with Crippen LogP contribution >= 0.6 is 0 Å². The quantitative estimate of drug-likeness (QED) is 0.0639. The van der Waals surface area contributed by atoms with Crippen LogP contribution in [-0.2, 0) is 23.9 Å². The number of primary amides is 1. The van der Waals surface area contributed by atoms with Crippen LogP contribution in [0.3, 0.4) is 0 Å². The fourth-order valence-electron chi connectivity index (χ4n) is 3.95. The van der Waals surface area contributed by atoms with E-state index in [4.69, 9.17) is 26.4 Å². The summed E-state index contributed by atoms with van der Waals surface area (Å²) in [5, 5.41) is 10.7. The molecule has 2 rings (SSSR count). The lowest BCUT2D eigenvalue weighted by Crippen LogP contribution is -2.52. The summed E-state index contributed by atoms with van der Waals surface area (Å²) in [6.45, 7) is 6.30. The van der Waals surface area contributed by atoms with Crippen LogP contribution in [0.4, 0.5) is 10.5 Å². The molecule has 0 radical (unpaired) electrons. The highest BCUT2D eigenvalue weighted by atomic mass is 16.6. The molecule has 0 aliphatic heterocycles. The second kappa shape index (κ2) is 15.9. The lowest BCUT2D eigenvalue weighted by molar-refractivity contribution is -0.129. The number of nitrogens with zero attached hydrogens (tertiary/aromatic N) is 1. The van der Waals surface area contributed by atoms with Gasteiger partial charge in [-0.2, -0.15) is 0 Å². The minimum absolute atomic E-state index is 0.128. The van der Waals surface area contributed by atoms with E-state index in [2.05, 4.69) is 26.3 Å². The number of rotatable bonds is 14. The fourth-order valence-corrected chi connectivity index (χ4v) is 3.95. The number of benzene rings is 1. The van der Waals surface area contributed by atoms with Gasteiger partial charge in [0, 0.05) is 36.2 Å². The SMILES string of the molecule is Cc1cc(=O)oc2cc(NC(=O)C(CCCN=C(N)N)NC(=O)CNC(=O)C(CCC(N)=O)NC(=O)OC(C)(C)C)ccc12. The van der Waals surface area contributed by atoms with Gasteiger partial charge in [0.05, 0.1) is 6.54 Å². The lowest BCUT2D eigenvalue weighted by Gasteiger charge is -2.23. The predicted molar refractivity (Wildman–Crippen MR) is 162 cm³/mol. The zero-order chi connectivity index (χ0) is 33.0. The summed E-state index contributed by atoms with van der Waals surface area (Å²) in [4.78, 5) is 77.9. The highest BCUT2D eigenvalue weighted by Gasteiger charge is 2.26. The van der Waals surface area contributed by atoms with Crippen molar-refractivity contribution in [3.8, 4) is 0 Å². The zero-order valence-electron chi connectivity index (χ0n) is 25.2. The van der Waals surface area contributed by atoms with Crippen LogP contribution in [0.15, 0.2) is 38.5 Å². The average Bonchev–Trinajstić information content (AvgIpc) is 2.89. The molecule has 5 amide bonds. The maximum Gasteiger partial charge on any atom is 0.408 e. The number of fused-ring (bicyclic) bond motifs is 1. The third-order valence-electron chi connectivity index (χ3n) is 5.93. The first kappa shape index (κ1) is 35.0. The third-order valence-corrected chi connectivity index (χ3v) is 5.93. The van der Waals surface area contributed by atoms with Crippen LogP contribution in [0.25, 0.3) is 11.0 Å². The second-order valence-electron chi connectivity index (χ2n) is 10.9. The van der Waals surface area contributed by atoms with Crippen LogP contribution < -0.4 is 44.1 Å². The summed E-state index contributed by atoms with van der Waals surface area (Å²) in [6, 6.07) is 3.86. The first-order valence-electron chi connectivity index (χ1n) is 13.8. The first-order chi connectivity index (χ1) is 20.5. The van der Waals surface area contributed by atoms with Crippen LogP contribution in [-0.4, -0.2) is 66.5 Å². The Bertz CT molecular complexity index is 1460. The van der Waals surface area contributed by atoms with E-state index < -0.39 is 59.6 Å². The van der Waals surface area contributed by atoms with Crippen molar-refractivity contribution in [2.24, 2.45) is 22.2 Å². The molecule has 16 heteroatoms. The number of alkyl carbamates (subject to hydrolysis) is 1. The highest BCUT2D eigenvalue weighted by Crippen LogP contribution is 2.21.